The first-order valence-electron chi connectivity index (χ1n) is 9.65. The SMILES string of the molecule is O=C(C1CC1)N1C[C@@H](c2nccs2)[C@]2(CCN(CC3CCC3)C2=O)C1. The Kier molecular flexibility index (Phi) is 3.66. The van der Waals surface area contributed by atoms with Crippen molar-refractivity contribution in [2.24, 2.45) is 17.3 Å². The van der Waals surface area contributed by atoms with Crippen LogP contribution in [-0.2, 0) is 9.59 Å². The van der Waals surface area contributed by atoms with Gasteiger partial charge in [-0.15, -0.1) is 11.3 Å². The molecule has 3 heterocycles. The fourth-order valence-electron chi connectivity index (χ4n) is 4.88. The Labute approximate surface area is 152 Å². The number of nitrogens with zero attached hydrogens (tertiary/aromatic N) is 3. The third kappa shape index (κ3) is 2.52. The lowest BCUT2D eigenvalue weighted by Gasteiger charge is -2.32. The normalized spacial score (nSPS) is 32.6. The summed E-state index contributed by atoms with van der Waals surface area (Å²) >= 11 is 1.63. The Balaban J connectivity index is 1.42. The molecule has 2 saturated carbocycles. The van der Waals surface area contributed by atoms with Gasteiger partial charge in [-0.3, -0.25) is 9.59 Å². The largest absolute Gasteiger partial charge is 0.342 e. The average Bonchev–Trinajstić information content (AvgIpc) is 3.02. The molecule has 0 bridgehead atoms. The second kappa shape index (κ2) is 5.79. The Bertz CT molecular complexity index is 683. The van der Waals surface area contributed by atoms with Crippen molar-refractivity contribution in [3.63, 3.8) is 0 Å². The molecule has 5 rings (SSSR count). The zero-order valence-electron chi connectivity index (χ0n) is 14.5. The number of rotatable bonds is 4. The maximum Gasteiger partial charge on any atom is 0.231 e. The van der Waals surface area contributed by atoms with Crippen LogP contribution in [-0.4, -0.2) is 52.8 Å². The van der Waals surface area contributed by atoms with Crippen LogP contribution in [0.3, 0.4) is 0 Å². The summed E-state index contributed by atoms with van der Waals surface area (Å²) in [6.07, 6.45) is 8.57. The molecular weight excluding hydrogens is 334 g/mol. The van der Waals surface area contributed by atoms with E-state index in [1.807, 2.05) is 16.5 Å². The van der Waals surface area contributed by atoms with E-state index in [4.69, 9.17) is 0 Å². The van der Waals surface area contributed by atoms with Crippen molar-refractivity contribution in [1.82, 2.24) is 14.8 Å². The summed E-state index contributed by atoms with van der Waals surface area (Å²) in [6, 6.07) is 0. The van der Waals surface area contributed by atoms with E-state index in [0.29, 0.717) is 19.0 Å². The van der Waals surface area contributed by atoms with Crippen molar-refractivity contribution in [2.75, 3.05) is 26.2 Å². The summed E-state index contributed by atoms with van der Waals surface area (Å²) < 4.78 is 0. The van der Waals surface area contributed by atoms with Crippen molar-refractivity contribution in [2.45, 2.75) is 44.4 Å². The molecule has 134 valence electrons. The minimum atomic E-state index is -0.424. The van der Waals surface area contributed by atoms with Crippen LogP contribution in [0.15, 0.2) is 11.6 Å². The molecule has 0 unspecified atom stereocenters. The Hall–Kier alpha value is -1.43. The molecule has 1 aromatic rings. The molecule has 2 amide bonds. The highest BCUT2D eigenvalue weighted by molar-refractivity contribution is 7.09. The monoisotopic (exact) mass is 359 g/mol. The number of carbonyl (C=O) groups is 2. The van der Waals surface area contributed by atoms with Crippen LogP contribution in [0.2, 0.25) is 0 Å². The van der Waals surface area contributed by atoms with Gasteiger partial charge in [0.1, 0.15) is 0 Å². The van der Waals surface area contributed by atoms with Crippen LogP contribution in [0.4, 0.5) is 0 Å². The maximum atomic E-state index is 13.4. The predicted octanol–water partition coefficient (Wildman–Crippen LogP) is 2.50. The zero-order chi connectivity index (χ0) is 17.0. The molecule has 2 aliphatic carbocycles. The third-order valence-corrected chi connectivity index (χ3v) is 7.66. The number of aromatic nitrogens is 1. The summed E-state index contributed by atoms with van der Waals surface area (Å²) in [5.74, 6) is 1.54. The molecule has 1 spiro atoms. The predicted molar refractivity (Wildman–Crippen MR) is 95.1 cm³/mol. The Morgan fingerprint density at radius 1 is 1.32 bits per heavy atom. The molecule has 2 atom stereocenters. The van der Waals surface area contributed by atoms with Crippen molar-refractivity contribution in [3.8, 4) is 0 Å². The summed E-state index contributed by atoms with van der Waals surface area (Å²) in [6.45, 7) is 3.04. The Morgan fingerprint density at radius 3 is 2.80 bits per heavy atom. The summed E-state index contributed by atoms with van der Waals surface area (Å²) in [5.41, 5.74) is -0.424. The van der Waals surface area contributed by atoms with Crippen molar-refractivity contribution < 1.29 is 9.59 Å². The fraction of sp³-hybridized carbons (Fsp3) is 0.737. The zero-order valence-corrected chi connectivity index (χ0v) is 15.3. The van der Waals surface area contributed by atoms with E-state index < -0.39 is 5.41 Å². The van der Waals surface area contributed by atoms with Crippen LogP contribution in [0.1, 0.15) is 49.5 Å². The second-order valence-corrected chi connectivity index (χ2v) is 9.30. The molecule has 4 aliphatic rings. The summed E-state index contributed by atoms with van der Waals surface area (Å²) in [5, 5.41) is 3.02. The molecular formula is C19H25N3O2S. The van der Waals surface area contributed by atoms with Gasteiger partial charge in [-0.1, -0.05) is 6.42 Å². The molecule has 4 fully saturated rings. The number of carbonyl (C=O) groups excluding carboxylic acids is 2. The second-order valence-electron chi connectivity index (χ2n) is 8.37. The quantitative estimate of drug-likeness (QED) is 0.830. The van der Waals surface area contributed by atoms with Crippen LogP contribution in [0.25, 0.3) is 0 Å². The van der Waals surface area contributed by atoms with E-state index in [9.17, 15) is 9.59 Å². The minimum absolute atomic E-state index is 0.0779. The van der Waals surface area contributed by atoms with E-state index in [1.54, 1.807) is 11.3 Å². The van der Waals surface area contributed by atoms with Gasteiger partial charge in [-0.25, -0.2) is 4.98 Å². The van der Waals surface area contributed by atoms with E-state index in [-0.39, 0.29) is 23.7 Å². The standard InChI is InChI=1S/C19H25N3O2S/c23-17(14-4-5-14)22-11-15(16-20-7-9-25-16)19(12-22)6-8-21(18(19)24)10-13-2-1-3-13/h7,9,13-15H,1-6,8,10-12H2/t15-,19-/m0/s1. The van der Waals surface area contributed by atoms with Crippen LogP contribution >= 0.6 is 11.3 Å². The topological polar surface area (TPSA) is 53.5 Å². The molecule has 0 radical (unpaired) electrons. The van der Waals surface area contributed by atoms with E-state index in [0.717, 1.165) is 37.4 Å². The van der Waals surface area contributed by atoms with Gasteiger partial charge in [0.15, 0.2) is 0 Å². The van der Waals surface area contributed by atoms with Gasteiger partial charge >= 0.3 is 0 Å². The number of hydrogen-bond donors (Lipinski definition) is 0. The lowest BCUT2D eigenvalue weighted by molar-refractivity contribution is -0.137. The summed E-state index contributed by atoms with van der Waals surface area (Å²) in [4.78, 5) is 34.7. The summed E-state index contributed by atoms with van der Waals surface area (Å²) in [7, 11) is 0. The molecule has 2 saturated heterocycles. The van der Waals surface area contributed by atoms with Gasteiger partial charge < -0.3 is 9.80 Å². The first kappa shape index (κ1) is 15.8. The fourth-order valence-corrected chi connectivity index (χ4v) is 5.72. The molecule has 0 aromatic carbocycles. The Morgan fingerprint density at radius 2 is 2.16 bits per heavy atom. The van der Waals surface area contributed by atoms with Crippen LogP contribution < -0.4 is 0 Å². The van der Waals surface area contributed by atoms with Crippen molar-refractivity contribution >= 4 is 23.2 Å². The van der Waals surface area contributed by atoms with Gasteiger partial charge in [0, 0.05) is 49.6 Å². The molecule has 1 aromatic heterocycles. The van der Waals surface area contributed by atoms with Gasteiger partial charge in [0.05, 0.1) is 10.4 Å². The van der Waals surface area contributed by atoms with Gasteiger partial charge in [-0.05, 0) is 38.0 Å². The first-order valence-corrected chi connectivity index (χ1v) is 10.5. The molecule has 25 heavy (non-hydrogen) atoms. The molecule has 5 nitrogen and oxygen atoms in total. The van der Waals surface area contributed by atoms with Crippen LogP contribution in [0.5, 0.6) is 0 Å². The molecule has 6 heteroatoms. The maximum absolute atomic E-state index is 13.4. The highest BCUT2D eigenvalue weighted by atomic mass is 32.1. The highest BCUT2D eigenvalue weighted by Gasteiger charge is 2.59. The molecule has 0 N–H and O–H groups in total. The number of hydrogen-bond acceptors (Lipinski definition) is 4. The minimum Gasteiger partial charge on any atom is -0.342 e. The van der Waals surface area contributed by atoms with Gasteiger partial charge in [0.2, 0.25) is 11.8 Å². The smallest absolute Gasteiger partial charge is 0.231 e. The van der Waals surface area contributed by atoms with E-state index >= 15 is 0 Å². The van der Waals surface area contributed by atoms with E-state index in [1.165, 1.54) is 19.3 Å². The average molecular weight is 359 g/mol. The van der Waals surface area contributed by atoms with E-state index in [2.05, 4.69) is 9.88 Å². The number of likely N-dealkylation sites (tertiary alicyclic amines) is 2. The van der Waals surface area contributed by atoms with Crippen molar-refractivity contribution in [3.05, 3.63) is 16.6 Å². The molecule has 2 aliphatic heterocycles. The van der Waals surface area contributed by atoms with Gasteiger partial charge in [0.25, 0.3) is 0 Å². The highest BCUT2D eigenvalue weighted by Crippen LogP contribution is 2.51. The van der Waals surface area contributed by atoms with Crippen molar-refractivity contribution in [1.29, 1.82) is 0 Å². The lowest BCUT2D eigenvalue weighted by Crippen LogP contribution is -2.42. The first-order chi connectivity index (χ1) is 12.2. The number of amides is 2. The number of thiazole rings is 1. The lowest BCUT2D eigenvalue weighted by atomic mass is 9.76. The van der Waals surface area contributed by atoms with Crippen LogP contribution in [0, 0.1) is 17.3 Å². The van der Waals surface area contributed by atoms with Gasteiger partial charge in [-0.2, -0.15) is 0 Å². The third-order valence-electron chi connectivity index (χ3n) is 6.78.